The second kappa shape index (κ2) is 5.09. The fourth-order valence-electron chi connectivity index (χ4n) is 2.80. The van der Waals surface area contributed by atoms with Crippen LogP contribution in [0.4, 0.5) is 11.5 Å². The second-order valence-corrected chi connectivity index (χ2v) is 5.52. The molecule has 5 N–H and O–H groups in total. The van der Waals surface area contributed by atoms with Crippen LogP contribution >= 0.6 is 0 Å². The van der Waals surface area contributed by atoms with Crippen LogP contribution in [0.2, 0.25) is 0 Å². The number of anilines is 1. The first-order valence-electron chi connectivity index (χ1n) is 6.71. The zero-order chi connectivity index (χ0) is 16.9. The summed E-state index contributed by atoms with van der Waals surface area (Å²) >= 11 is 0. The molecule has 0 spiro atoms. The minimum absolute atomic E-state index is 0.0128. The Morgan fingerprint density at radius 1 is 1.57 bits per heavy atom. The van der Waals surface area contributed by atoms with Gasteiger partial charge in [0.1, 0.15) is 35.3 Å². The molecule has 11 nitrogen and oxygen atoms in total. The number of fused-ring (bicyclic) bond motifs is 1. The summed E-state index contributed by atoms with van der Waals surface area (Å²) in [5.74, 6) is -0.0858. The van der Waals surface area contributed by atoms with Crippen molar-refractivity contribution < 1.29 is 25.0 Å². The van der Waals surface area contributed by atoms with Crippen molar-refractivity contribution in [3.63, 3.8) is 0 Å². The number of nitro groups is 1. The molecule has 2 unspecified atom stereocenters. The second-order valence-electron chi connectivity index (χ2n) is 5.52. The molecular weight excluding hydrogens is 310 g/mol. The molecule has 0 aliphatic carbocycles. The Hall–Kier alpha value is -2.34. The number of hydrogen-bond acceptors (Lipinski definition) is 9. The van der Waals surface area contributed by atoms with Crippen molar-refractivity contribution in [2.75, 3.05) is 12.3 Å². The Bertz CT molecular complexity index is 775. The van der Waals surface area contributed by atoms with Gasteiger partial charge >= 0.3 is 0 Å². The van der Waals surface area contributed by atoms with Crippen LogP contribution in [-0.2, 0) is 4.74 Å². The number of aromatic nitrogens is 3. The minimum Gasteiger partial charge on any atom is -0.394 e. The molecule has 0 amide bonds. The van der Waals surface area contributed by atoms with Gasteiger partial charge in [0.25, 0.3) is 5.69 Å². The van der Waals surface area contributed by atoms with Crippen LogP contribution in [-0.4, -0.2) is 59.2 Å². The molecule has 0 radical (unpaired) electrons. The third-order valence-corrected chi connectivity index (χ3v) is 4.00. The first-order chi connectivity index (χ1) is 10.8. The molecule has 0 saturated carbocycles. The average molecular weight is 325 g/mol. The van der Waals surface area contributed by atoms with Gasteiger partial charge < -0.3 is 25.8 Å². The van der Waals surface area contributed by atoms with Crippen molar-refractivity contribution in [3.05, 3.63) is 22.6 Å². The Labute approximate surface area is 129 Å². The number of nitrogen functional groups attached to an aromatic ring is 1. The SMILES string of the molecule is C[C@]1(O)C(n2cc([N+](=O)[O-])c3c(N)ncnc32)OC(CO)[C@H]1O. The van der Waals surface area contributed by atoms with Crippen molar-refractivity contribution in [2.45, 2.75) is 31.0 Å². The summed E-state index contributed by atoms with van der Waals surface area (Å²) in [5, 5.41) is 41.0. The van der Waals surface area contributed by atoms with E-state index >= 15 is 0 Å². The van der Waals surface area contributed by atoms with Crippen LogP contribution in [0.3, 0.4) is 0 Å². The van der Waals surface area contributed by atoms with Gasteiger partial charge in [-0.15, -0.1) is 0 Å². The monoisotopic (exact) mass is 325 g/mol. The number of rotatable bonds is 3. The van der Waals surface area contributed by atoms with Gasteiger partial charge in [-0.1, -0.05) is 0 Å². The largest absolute Gasteiger partial charge is 0.394 e. The fraction of sp³-hybridized carbons (Fsp3) is 0.500. The molecule has 1 saturated heterocycles. The molecule has 3 heterocycles. The van der Waals surface area contributed by atoms with Crippen LogP contribution in [0.1, 0.15) is 13.2 Å². The zero-order valence-electron chi connectivity index (χ0n) is 12.0. The van der Waals surface area contributed by atoms with E-state index in [1.165, 1.54) is 11.5 Å². The quantitative estimate of drug-likeness (QED) is 0.405. The lowest BCUT2D eigenvalue weighted by Gasteiger charge is -2.27. The van der Waals surface area contributed by atoms with E-state index in [0.717, 1.165) is 12.5 Å². The maximum atomic E-state index is 11.2. The Kier molecular flexibility index (Phi) is 3.44. The van der Waals surface area contributed by atoms with E-state index in [4.69, 9.17) is 10.5 Å². The van der Waals surface area contributed by atoms with Crippen LogP contribution in [0, 0.1) is 10.1 Å². The van der Waals surface area contributed by atoms with Crippen LogP contribution in [0.5, 0.6) is 0 Å². The minimum atomic E-state index is -1.80. The highest BCUT2D eigenvalue weighted by Gasteiger charge is 2.53. The lowest BCUT2D eigenvalue weighted by atomic mass is 9.96. The molecule has 2 aromatic rings. The maximum Gasteiger partial charge on any atom is 0.300 e. The van der Waals surface area contributed by atoms with Gasteiger partial charge in [-0.25, -0.2) is 9.97 Å². The summed E-state index contributed by atoms with van der Waals surface area (Å²) < 4.78 is 6.67. The summed E-state index contributed by atoms with van der Waals surface area (Å²) in [6.45, 7) is 0.784. The molecule has 11 heteroatoms. The number of aliphatic hydroxyl groups excluding tert-OH is 2. The predicted molar refractivity (Wildman–Crippen MR) is 76.2 cm³/mol. The highest BCUT2D eigenvalue weighted by molar-refractivity contribution is 5.95. The maximum absolute atomic E-state index is 11.2. The number of nitrogens with zero attached hydrogens (tertiary/aromatic N) is 4. The average Bonchev–Trinajstić information content (AvgIpc) is 2.97. The Morgan fingerprint density at radius 3 is 2.83 bits per heavy atom. The highest BCUT2D eigenvalue weighted by atomic mass is 16.6. The summed E-state index contributed by atoms with van der Waals surface area (Å²) in [6, 6.07) is 0. The van der Waals surface area contributed by atoms with Gasteiger partial charge in [0.2, 0.25) is 0 Å². The summed E-state index contributed by atoms with van der Waals surface area (Å²) in [5.41, 5.74) is 3.63. The molecule has 1 aliphatic rings. The van der Waals surface area contributed by atoms with Crippen LogP contribution < -0.4 is 5.73 Å². The van der Waals surface area contributed by atoms with E-state index in [-0.39, 0.29) is 22.5 Å². The molecule has 2 aromatic heterocycles. The fourth-order valence-corrected chi connectivity index (χ4v) is 2.80. The molecule has 0 bridgehead atoms. The van der Waals surface area contributed by atoms with E-state index in [2.05, 4.69) is 9.97 Å². The highest BCUT2D eigenvalue weighted by Crippen LogP contribution is 2.42. The van der Waals surface area contributed by atoms with E-state index in [0.29, 0.717) is 0 Å². The van der Waals surface area contributed by atoms with Crippen molar-refractivity contribution >= 4 is 22.5 Å². The third kappa shape index (κ3) is 2.13. The lowest BCUT2D eigenvalue weighted by Crippen LogP contribution is -2.44. The molecule has 3 rings (SSSR count). The number of ether oxygens (including phenoxy) is 1. The topological polar surface area (TPSA) is 170 Å². The normalized spacial score (nSPS) is 30.9. The molecule has 1 fully saturated rings. The number of nitrogens with two attached hydrogens (primary N) is 1. The number of aliphatic hydroxyl groups is 3. The van der Waals surface area contributed by atoms with Crippen LogP contribution in [0.15, 0.2) is 12.5 Å². The molecule has 23 heavy (non-hydrogen) atoms. The third-order valence-electron chi connectivity index (χ3n) is 4.00. The standard InChI is InChI=1S/C12H15N5O6/c1-12(20)8(19)6(3-18)23-11(12)16-2-5(17(21)22)7-9(13)14-4-15-10(7)16/h2,4,6,8,11,18-20H,3H2,1H3,(H2,13,14,15)/t6?,8-,11?,12-/m1/s1. The summed E-state index contributed by atoms with van der Waals surface area (Å²) in [7, 11) is 0. The van der Waals surface area contributed by atoms with Gasteiger partial charge in [0.15, 0.2) is 11.9 Å². The summed E-state index contributed by atoms with van der Waals surface area (Å²) in [6.07, 6.45) is -1.37. The smallest absolute Gasteiger partial charge is 0.300 e. The van der Waals surface area contributed by atoms with E-state index in [1.54, 1.807) is 0 Å². The first kappa shape index (κ1) is 15.6. The van der Waals surface area contributed by atoms with Gasteiger partial charge in [-0.3, -0.25) is 14.7 Å². The number of hydrogen-bond donors (Lipinski definition) is 4. The van der Waals surface area contributed by atoms with Gasteiger partial charge in [-0.05, 0) is 6.92 Å². The van der Waals surface area contributed by atoms with Gasteiger partial charge in [0.05, 0.1) is 17.7 Å². The van der Waals surface area contributed by atoms with E-state index < -0.39 is 35.6 Å². The summed E-state index contributed by atoms with van der Waals surface area (Å²) in [4.78, 5) is 18.3. The molecular formula is C12H15N5O6. The van der Waals surface area contributed by atoms with Gasteiger partial charge in [0, 0.05) is 0 Å². The van der Waals surface area contributed by atoms with E-state index in [1.807, 2.05) is 0 Å². The van der Waals surface area contributed by atoms with Crippen LogP contribution in [0.25, 0.3) is 11.0 Å². The molecule has 124 valence electrons. The van der Waals surface area contributed by atoms with Crippen molar-refractivity contribution in [2.24, 2.45) is 0 Å². The van der Waals surface area contributed by atoms with Crippen molar-refractivity contribution in [1.29, 1.82) is 0 Å². The lowest BCUT2D eigenvalue weighted by molar-refractivity contribution is -0.383. The Morgan fingerprint density at radius 2 is 2.26 bits per heavy atom. The Balaban J connectivity index is 2.21. The van der Waals surface area contributed by atoms with Crippen molar-refractivity contribution in [1.82, 2.24) is 14.5 Å². The van der Waals surface area contributed by atoms with Gasteiger partial charge in [-0.2, -0.15) is 0 Å². The predicted octanol–water partition coefficient (Wildman–Crippen LogP) is -1.08. The zero-order valence-corrected chi connectivity index (χ0v) is 12.0. The molecule has 1 aliphatic heterocycles. The molecule has 4 atom stereocenters. The molecule has 0 aromatic carbocycles. The van der Waals surface area contributed by atoms with Crippen molar-refractivity contribution in [3.8, 4) is 0 Å². The first-order valence-corrected chi connectivity index (χ1v) is 6.71. The van der Waals surface area contributed by atoms with E-state index in [9.17, 15) is 25.4 Å².